The van der Waals surface area contributed by atoms with Gasteiger partial charge in [-0.15, -0.1) is 0 Å². The normalized spacial score (nSPS) is 17.6. The van der Waals surface area contributed by atoms with E-state index in [9.17, 15) is 4.79 Å². The molecule has 0 aliphatic carbocycles. The van der Waals surface area contributed by atoms with Gasteiger partial charge in [0.05, 0.1) is 11.6 Å². The Morgan fingerprint density at radius 3 is 2.45 bits per heavy atom. The number of likely N-dealkylation sites (tertiary alicyclic amines) is 1. The largest absolute Gasteiger partial charge is 0.382 e. The van der Waals surface area contributed by atoms with Gasteiger partial charge in [-0.3, -0.25) is 9.69 Å². The van der Waals surface area contributed by atoms with Crippen molar-refractivity contribution in [2.24, 2.45) is 0 Å². The Labute approximate surface area is 201 Å². The number of anilines is 2. The van der Waals surface area contributed by atoms with Crippen molar-refractivity contribution in [2.75, 3.05) is 56.0 Å². The van der Waals surface area contributed by atoms with E-state index in [1.807, 2.05) is 41.3 Å². The smallest absolute Gasteiger partial charge is 0.222 e. The van der Waals surface area contributed by atoms with Crippen molar-refractivity contribution in [1.29, 1.82) is 5.26 Å². The summed E-state index contributed by atoms with van der Waals surface area (Å²) in [5.74, 6) is 0.278. The number of hydrogen-bond acceptors (Lipinski definition) is 5. The number of hydrogen-bond donors (Lipinski definition) is 1. The zero-order valence-electron chi connectivity index (χ0n) is 19.0. The van der Waals surface area contributed by atoms with E-state index in [0.717, 1.165) is 75.8 Å². The third-order valence-corrected chi connectivity index (χ3v) is 6.89. The van der Waals surface area contributed by atoms with E-state index >= 15 is 0 Å². The summed E-state index contributed by atoms with van der Waals surface area (Å²) in [6.45, 7) is 6.65. The van der Waals surface area contributed by atoms with Gasteiger partial charge in [-0.05, 0) is 68.3 Å². The molecule has 6 nitrogen and oxygen atoms in total. The van der Waals surface area contributed by atoms with Crippen molar-refractivity contribution in [3.8, 4) is 6.07 Å². The van der Waals surface area contributed by atoms with Crippen molar-refractivity contribution < 1.29 is 4.79 Å². The number of benzene rings is 2. The number of rotatable bonds is 7. The molecular formula is C26H32ClN5O. The first-order chi connectivity index (χ1) is 16.1. The molecule has 0 unspecified atom stereocenters. The summed E-state index contributed by atoms with van der Waals surface area (Å²) in [5, 5.41) is 13.3. The number of nitrogens with zero attached hydrogens (tertiary/aromatic N) is 4. The van der Waals surface area contributed by atoms with Gasteiger partial charge in [-0.1, -0.05) is 17.7 Å². The molecule has 2 saturated heterocycles. The minimum atomic E-state index is 0.278. The molecule has 4 rings (SSSR count). The summed E-state index contributed by atoms with van der Waals surface area (Å²) < 4.78 is 0. The second-order valence-electron chi connectivity index (χ2n) is 8.90. The van der Waals surface area contributed by atoms with Crippen LogP contribution in [0.25, 0.3) is 0 Å². The van der Waals surface area contributed by atoms with Gasteiger partial charge in [-0.25, -0.2) is 0 Å². The standard InChI is InChI=1S/C26H32ClN5O/c27-22-6-8-25(9-7-22)31-17-15-30(16-18-31)12-2-5-26(33)32-13-10-23(11-14-32)29-24-4-1-3-21(19-24)20-28/h1,3-4,6-9,19,23,29H,2,5,10-18H2. The Kier molecular flexibility index (Phi) is 8.09. The van der Waals surface area contributed by atoms with Crippen LogP contribution in [-0.2, 0) is 4.79 Å². The van der Waals surface area contributed by atoms with Crippen LogP contribution in [0.3, 0.4) is 0 Å². The third-order valence-electron chi connectivity index (χ3n) is 6.64. The van der Waals surface area contributed by atoms with E-state index in [-0.39, 0.29) is 5.91 Å². The van der Waals surface area contributed by atoms with Crippen molar-refractivity contribution in [3.05, 3.63) is 59.1 Å². The Balaban J connectivity index is 1.12. The molecule has 0 saturated carbocycles. The zero-order chi connectivity index (χ0) is 23.0. The minimum absolute atomic E-state index is 0.278. The Morgan fingerprint density at radius 1 is 1.03 bits per heavy atom. The molecule has 2 aromatic rings. The highest BCUT2D eigenvalue weighted by molar-refractivity contribution is 6.30. The van der Waals surface area contributed by atoms with Crippen LogP contribution in [0.1, 0.15) is 31.2 Å². The fraction of sp³-hybridized carbons (Fsp3) is 0.462. The molecule has 174 valence electrons. The first kappa shape index (κ1) is 23.4. The first-order valence-electron chi connectivity index (χ1n) is 11.9. The summed E-state index contributed by atoms with van der Waals surface area (Å²) in [5.41, 5.74) is 2.87. The van der Waals surface area contributed by atoms with Crippen LogP contribution in [0, 0.1) is 11.3 Å². The van der Waals surface area contributed by atoms with Crippen LogP contribution in [0.5, 0.6) is 0 Å². The van der Waals surface area contributed by atoms with Crippen LogP contribution in [-0.4, -0.2) is 67.6 Å². The summed E-state index contributed by atoms with van der Waals surface area (Å²) in [4.78, 5) is 19.6. The van der Waals surface area contributed by atoms with Gasteiger partial charge in [0, 0.05) is 68.1 Å². The number of nitriles is 1. The molecule has 1 amide bonds. The van der Waals surface area contributed by atoms with Gasteiger partial charge in [0.15, 0.2) is 0 Å². The average Bonchev–Trinajstić information content (AvgIpc) is 2.85. The number of carbonyl (C=O) groups is 1. The van der Waals surface area contributed by atoms with Crippen LogP contribution in [0.15, 0.2) is 48.5 Å². The second-order valence-corrected chi connectivity index (χ2v) is 9.34. The van der Waals surface area contributed by atoms with E-state index in [1.165, 1.54) is 5.69 Å². The summed E-state index contributed by atoms with van der Waals surface area (Å²) >= 11 is 5.99. The molecule has 0 aromatic heterocycles. The molecule has 1 N–H and O–H groups in total. The monoisotopic (exact) mass is 465 g/mol. The van der Waals surface area contributed by atoms with Gasteiger partial charge in [-0.2, -0.15) is 5.26 Å². The second kappa shape index (κ2) is 11.4. The van der Waals surface area contributed by atoms with E-state index in [2.05, 4.69) is 33.3 Å². The first-order valence-corrected chi connectivity index (χ1v) is 12.3. The molecule has 2 aliphatic rings. The van der Waals surface area contributed by atoms with Gasteiger partial charge in [0.2, 0.25) is 5.91 Å². The van der Waals surface area contributed by atoms with Gasteiger partial charge >= 0.3 is 0 Å². The van der Waals surface area contributed by atoms with Gasteiger partial charge in [0.1, 0.15) is 0 Å². The molecule has 0 radical (unpaired) electrons. The maximum atomic E-state index is 12.7. The number of amides is 1. The van der Waals surface area contributed by atoms with Gasteiger partial charge < -0.3 is 15.1 Å². The third kappa shape index (κ3) is 6.63. The Hall–Kier alpha value is -2.75. The van der Waals surface area contributed by atoms with Gasteiger partial charge in [0.25, 0.3) is 0 Å². The molecular weight excluding hydrogens is 434 g/mol. The van der Waals surface area contributed by atoms with Crippen molar-refractivity contribution in [3.63, 3.8) is 0 Å². The number of nitrogens with one attached hydrogen (secondary N) is 1. The highest BCUT2D eigenvalue weighted by Crippen LogP contribution is 2.20. The molecule has 0 bridgehead atoms. The zero-order valence-corrected chi connectivity index (χ0v) is 19.8. The number of piperazine rings is 1. The number of piperidine rings is 1. The Bertz CT molecular complexity index is 957. The summed E-state index contributed by atoms with van der Waals surface area (Å²) in [7, 11) is 0. The molecule has 2 aliphatic heterocycles. The SMILES string of the molecule is N#Cc1cccc(NC2CCN(C(=O)CCCN3CCN(c4ccc(Cl)cc4)CC3)CC2)c1. The predicted octanol–water partition coefficient (Wildman–Crippen LogP) is 4.22. The maximum Gasteiger partial charge on any atom is 0.222 e. The number of carbonyl (C=O) groups excluding carboxylic acids is 1. The van der Waals surface area contributed by atoms with E-state index in [4.69, 9.17) is 16.9 Å². The Morgan fingerprint density at radius 2 is 1.76 bits per heavy atom. The fourth-order valence-corrected chi connectivity index (χ4v) is 4.81. The van der Waals surface area contributed by atoms with Crippen LogP contribution in [0.2, 0.25) is 5.02 Å². The molecule has 2 aromatic carbocycles. The lowest BCUT2D eigenvalue weighted by molar-refractivity contribution is -0.132. The van der Waals surface area contributed by atoms with E-state index < -0.39 is 0 Å². The molecule has 0 spiro atoms. The number of halogens is 1. The van der Waals surface area contributed by atoms with Crippen molar-refractivity contribution >= 4 is 28.9 Å². The molecule has 2 fully saturated rings. The lowest BCUT2D eigenvalue weighted by Gasteiger charge is -2.36. The quantitative estimate of drug-likeness (QED) is 0.663. The minimum Gasteiger partial charge on any atom is -0.382 e. The molecule has 33 heavy (non-hydrogen) atoms. The fourth-order valence-electron chi connectivity index (χ4n) is 4.68. The topological polar surface area (TPSA) is 62.6 Å². The summed E-state index contributed by atoms with van der Waals surface area (Å²) in [6, 6.07) is 18.2. The van der Waals surface area contributed by atoms with Crippen LogP contribution in [0.4, 0.5) is 11.4 Å². The van der Waals surface area contributed by atoms with Crippen LogP contribution < -0.4 is 10.2 Å². The van der Waals surface area contributed by atoms with Crippen molar-refractivity contribution in [1.82, 2.24) is 9.80 Å². The molecule has 7 heteroatoms. The highest BCUT2D eigenvalue weighted by Gasteiger charge is 2.23. The highest BCUT2D eigenvalue weighted by atomic mass is 35.5. The molecule has 2 heterocycles. The van der Waals surface area contributed by atoms with E-state index in [0.29, 0.717) is 18.0 Å². The predicted molar refractivity (Wildman–Crippen MR) is 134 cm³/mol. The lowest BCUT2D eigenvalue weighted by atomic mass is 10.0. The summed E-state index contributed by atoms with van der Waals surface area (Å²) in [6.07, 6.45) is 3.42. The maximum absolute atomic E-state index is 12.7. The van der Waals surface area contributed by atoms with E-state index in [1.54, 1.807) is 0 Å². The average molecular weight is 466 g/mol. The lowest BCUT2D eigenvalue weighted by Crippen LogP contribution is -2.47. The van der Waals surface area contributed by atoms with Crippen molar-refractivity contribution in [2.45, 2.75) is 31.7 Å². The molecule has 0 atom stereocenters. The van der Waals surface area contributed by atoms with Crippen LogP contribution >= 0.6 is 11.6 Å².